The number of rotatable bonds is 8. The number of benzene rings is 1. The Bertz CT molecular complexity index is 961. The standard InChI is InChI=1S/C20H26N4O4S/c1-14(2)10-17(20(25)28-3)23-29(26,27)16-6-4-15(5-7-16)12-24-13-22-18-11-21-9-8-19(18)24/h4-9,11,14,17,22-23H,10,12-13H2,1-3H3/t17-/m0/s1. The molecule has 0 spiro atoms. The molecule has 0 saturated heterocycles. The van der Waals surface area contributed by atoms with Gasteiger partial charge in [0.25, 0.3) is 0 Å². The molecule has 1 aromatic carbocycles. The van der Waals surface area contributed by atoms with Gasteiger partial charge in [0.15, 0.2) is 0 Å². The highest BCUT2D eigenvalue weighted by Crippen LogP contribution is 2.30. The molecule has 0 saturated carbocycles. The molecule has 1 aliphatic heterocycles. The number of esters is 1. The number of fused-ring (bicyclic) bond motifs is 1. The first kappa shape index (κ1) is 21.1. The van der Waals surface area contributed by atoms with Gasteiger partial charge in [-0.3, -0.25) is 9.78 Å². The van der Waals surface area contributed by atoms with Gasteiger partial charge in [0.05, 0.1) is 36.2 Å². The van der Waals surface area contributed by atoms with Crippen LogP contribution in [0.4, 0.5) is 11.4 Å². The number of nitrogens with one attached hydrogen (secondary N) is 2. The molecule has 0 unspecified atom stereocenters. The van der Waals surface area contributed by atoms with Crippen LogP contribution in [0.1, 0.15) is 25.8 Å². The van der Waals surface area contributed by atoms with Gasteiger partial charge in [-0.1, -0.05) is 26.0 Å². The third-order valence-electron chi connectivity index (χ3n) is 4.70. The van der Waals surface area contributed by atoms with Crippen molar-refractivity contribution >= 4 is 27.4 Å². The second-order valence-electron chi connectivity index (χ2n) is 7.40. The lowest BCUT2D eigenvalue weighted by Gasteiger charge is -2.19. The molecule has 8 nitrogen and oxygen atoms in total. The summed E-state index contributed by atoms with van der Waals surface area (Å²) in [5.74, 6) is -0.454. The Morgan fingerprint density at radius 2 is 2.00 bits per heavy atom. The number of carbonyl (C=O) groups excluding carboxylic acids is 1. The molecule has 1 atom stereocenters. The molecule has 2 N–H and O–H groups in total. The zero-order valence-corrected chi connectivity index (χ0v) is 17.6. The third kappa shape index (κ3) is 5.04. The normalized spacial score (nSPS) is 14.4. The minimum absolute atomic E-state index is 0.114. The largest absolute Gasteiger partial charge is 0.468 e. The smallest absolute Gasteiger partial charge is 0.323 e. The quantitative estimate of drug-likeness (QED) is 0.635. The van der Waals surface area contributed by atoms with Crippen LogP contribution in [-0.4, -0.2) is 39.2 Å². The summed E-state index contributed by atoms with van der Waals surface area (Å²) >= 11 is 0. The number of aromatic nitrogens is 1. The number of methoxy groups -OCH3 is 1. The van der Waals surface area contributed by atoms with Gasteiger partial charge >= 0.3 is 5.97 Å². The maximum atomic E-state index is 12.7. The number of nitrogens with zero attached hydrogens (tertiary/aromatic N) is 2. The first-order valence-electron chi connectivity index (χ1n) is 9.42. The van der Waals surface area contributed by atoms with Crippen molar-refractivity contribution in [1.82, 2.24) is 9.71 Å². The molecular formula is C20H26N4O4S. The highest BCUT2D eigenvalue weighted by molar-refractivity contribution is 7.89. The molecule has 156 valence electrons. The molecule has 3 rings (SSSR count). The van der Waals surface area contributed by atoms with Crippen LogP contribution in [0.3, 0.4) is 0 Å². The van der Waals surface area contributed by atoms with Gasteiger partial charge in [-0.05, 0) is 36.1 Å². The van der Waals surface area contributed by atoms with Gasteiger partial charge in [0.2, 0.25) is 10.0 Å². The van der Waals surface area contributed by atoms with Crippen LogP contribution in [0, 0.1) is 5.92 Å². The van der Waals surface area contributed by atoms with E-state index in [-0.39, 0.29) is 10.8 Å². The Morgan fingerprint density at radius 1 is 1.28 bits per heavy atom. The van der Waals surface area contributed by atoms with Gasteiger partial charge < -0.3 is 15.0 Å². The molecule has 29 heavy (non-hydrogen) atoms. The Morgan fingerprint density at radius 3 is 2.66 bits per heavy atom. The SMILES string of the molecule is COC(=O)[C@H](CC(C)C)NS(=O)(=O)c1ccc(CN2CNc3cnccc32)cc1. The van der Waals surface area contributed by atoms with Crippen LogP contribution in [0.25, 0.3) is 0 Å². The molecule has 0 amide bonds. The van der Waals surface area contributed by atoms with Crippen LogP contribution < -0.4 is 14.9 Å². The van der Waals surface area contributed by atoms with E-state index in [2.05, 4.69) is 19.9 Å². The Labute approximate surface area is 171 Å². The molecule has 1 aromatic heterocycles. The van der Waals surface area contributed by atoms with Gasteiger partial charge in [0.1, 0.15) is 6.04 Å². The Hall–Kier alpha value is -2.65. The predicted octanol–water partition coefficient (Wildman–Crippen LogP) is 2.34. The van der Waals surface area contributed by atoms with Crippen LogP contribution in [0.5, 0.6) is 0 Å². The lowest BCUT2D eigenvalue weighted by Crippen LogP contribution is -2.42. The van der Waals surface area contributed by atoms with Gasteiger partial charge in [-0.2, -0.15) is 4.72 Å². The first-order chi connectivity index (χ1) is 13.8. The number of hydrogen-bond donors (Lipinski definition) is 2. The van der Waals surface area contributed by atoms with Crippen molar-refractivity contribution in [1.29, 1.82) is 0 Å². The average Bonchev–Trinajstić information content (AvgIpc) is 3.10. The van der Waals surface area contributed by atoms with Crippen molar-refractivity contribution in [3.8, 4) is 0 Å². The molecule has 9 heteroatoms. The van der Waals surface area contributed by atoms with Gasteiger partial charge in [-0.25, -0.2) is 8.42 Å². The predicted molar refractivity (Wildman–Crippen MR) is 111 cm³/mol. The molecule has 0 bridgehead atoms. The summed E-state index contributed by atoms with van der Waals surface area (Å²) < 4.78 is 32.6. The summed E-state index contributed by atoms with van der Waals surface area (Å²) in [6, 6.07) is 7.70. The Balaban J connectivity index is 1.71. The molecule has 2 aromatic rings. The average molecular weight is 419 g/mol. The van der Waals surface area contributed by atoms with Crippen molar-refractivity contribution in [2.75, 3.05) is 24.0 Å². The molecule has 0 radical (unpaired) electrons. The highest BCUT2D eigenvalue weighted by Gasteiger charge is 2.27. The second kappa shape index (κ2) is 8.79. The van der Waals surface area contributed by atoms with E-state index in [1.54, 1.807) is 36.7 Å². The van der Waals surface area contributed by atoms with Crippen LogP contribution in [0.2, 0.25) is 0 Å². The molecule has 2 heterocycles. The molecule has 0 aliphatic carbocycles. The number of carbonyl (C=O) groups is 1. The zero-order valence-electron chi connectivity index (χ0n) is 16.8. The van der Waals surface area contributed by atoms with E-state index >= 15 is 0 Å². The Kier molecular flexibility index (Phi) is 6.39. The van der Waals surface area contributed by atoms with Gasteiger partial charge in [-0.15, -0.1) is 0 Å². The molecule has 0 fully saturated rings. The second-order valence-corrected chi connectivity index (χ2v) is 9.11. The number of ether oxygens (including phenoxy) is 1. The van der Waals surface area contributed by atoms with E-state index in [0.29, 0.717) is 19.6 Å². The van der Waals surface area contributed by atoms with E-state index in [1.807, 2.05) is 19.9 Å². The van der Waals surface area contributed by atoms with E-state index in [1.165, 1.54) is 7.11 Å². The summed E-state index contributed by atoms with van der Waals surface area (Å²) in [6.07, 6.45) is 3.89. The van der Waals surface area contributed by atoms with Crippen LogP contribution >= 0.6 is 0 Å². The fraction of sp³-hybridized carbons (Fsp3) is 0.400. The van der Waals surface area contributed by atoms with E-state index in [0.717, 1.165) is 16.9 Å². The van der Waals surface area contributed by atoms with E-state index in [4.69, 9.17) is 4.74 Å². The van der Waals surface area contributed by atoms with Crippen molar-refractivity contribution in [2.24, 2.45) is 5.92 Å². The number of anilines is 2. The minimum Gasteiger partial charge on any atom is -0.468 e. The zero-order chi connectivity index (χ0) is 21.0. The minimum atomic E-state index is -3.84. The van der Waals surface area contributed by atoms with E-state index < -0.39 is 22.0 Å². The number of pyridine rings is 1. The number of sulfonamides is 1. The summed E-state index contributed by atoms with van der Waals surface area (Å²) in [6.45, 7) is 5.13. The van der Waals surface area contributed by atoms with Crippen molar-refractivity contribution < 1.29 is 17.9 Å². The van der Waals surface area contributed by atoms with Gasteiger partial charge in [0, 0.05) is 12.7 Å². The summed E-state index contributed by atoms with van der Waals surface area (Å²) in [5, 5.41) is 3.27. The van der Waals surface area contributed by atoms with Crippen molar-refractivity contribution in [3.05, 3.63) is 48.3 Å². The number of hydrogen-bond acceptors (Lipinski definition) is 7. The topological polar surface area (TPSA) is 101 Å². The fourth-order valence-electron chi connectivity index (χ4n) is 3.26. The van der Waals surface area contributed by atoms with Crippen LogP contribution in [0.15, 0.2) is 47.6 Å². The monoisotopic (exact) mass is 418 g/mol. The summed E-state index contributed by atoms with van der Waals surface area (Å²) in [4.78, 5) is 18.3. The maximum Gasteiger partial charge on any atom is 0.323 e. The van der Waals surface area contributed by atoms with Crippen molar-refractivity contribution in [3.63, 3.8) is 0 Å². The summed E-state index contributed by atoms with van der Waals surface area (Å²) in [5.41, 5.74) is 3.02. The van der Waals surface area contributed by atoms with Crippen molar-refractivity contribution in [2.45, 2.75) is 37.8 Å². The summed E-state index contributed by atoms with van der Waals surface area (Å²) in [7, 11) is -2.59. The molecule has 1 aliphatic rings. The first-order valence-corrected chi connectivity index (χ1v) is 10.9. The molecular weight excluding hydrogens is 392 g/mol. The fourth-order valence-corrected chi connectivity index (χ4v) is 4.46. The lowest BCUT2D eigenvalue weighted by atomic mass is 10.1. The van der Waals surface area contributed by atoms with Crippen LogP contribution in [-0.2, 0) is 26.1 Å². The van der Waals surface area contributed by atoms with E-state index in [9.17, 15) is 13.2 Å². The maximum absolute atomic E-state index is 12.7. The highest BCUT2D eigenvalue weighted by atomic mass is 32.2. The third-order valence-corrected chi connectivity index (χ3v) is 6.18. The lowest BCUT2D eigenvalue weighted by molar-refractivity contribution is -0.143.